The van der Waals surface area contributed by atoms with E-state index in [1.165, 1.54) is 18.2 Å². The third kappa shape index (κ3) is 12.7. The average Bonchev–Trinajstić information content (AvgIpc) is 3.19. The highest BCUT2D eigenvalue weighted by atomic mass is 16.3. The Morgan fingerprint density at radius 3 is 2.02 bits per heavy atom. The van der Waals surface area contributed by atoms with Gasteiger partial charge in [-0.05, 0) is 131 Å². The van der Waals surface area contributed by atoms with Crippen LogP contribution in [-0.2, 0) is 38.4 Å². The molecule has 1 heterocycles. The summed E-state index contributed by atoms with van der Waals surface area (Å²) in [5.74, 6) is -2.24. The summed E-state index contributed by atoms with van der Waals surface area (Å²) in [7, 11) is 7.10. The zero-order valence-corrected chi connectivity index (χ0v) is 32.7. The first-order valence-corrected chi connectivity index (χ1v) is 19.2. The highest BCUT2D eigenvalue weighted by Gasteiger charge is 2.32. The van der Waals surface area contributed by atoms with Crippen LogP contribution >= 0.6 is 0 Å². The second kappa shape index (κ2) is 21.8. The molecule has 4 bridgehead atoms. The molecule has 0 unspecified atom stereocenters. The van der Waals surface area contributed by atoms with E-state index >= 15 is 0 Å². The van der Waals surface area contributed by atoms with Crippen molar-refractivity contribution in [1.29, 1.82) is 0 Å². The molecule has 11 N–H and O–H groups in total. The lowest BCUT2D eigenvalue weighted by molar-refractivity contribution is -0.134. The number of carbonyl (C=O) groups excluding carboxylic acids is 4. The van der Waals surface area contributed by atoms with Crippen LogP contribution in [0.15, 0.2) is 60.7 Å². The van der Waals surface area contributed by atoms with E-state index in [0.717, 1.165) is 19.4 Å². The summed E-state index contributed by atoms with van der Waals surface area (Å²) in [4.78, 5) is 56.0. The van der Waals surface area contributed by atoms with Crippen LogP contribution in [0.3, 0.4) is 0 Å². The minimum absolute atomic E-state index is 0.00586. The Morgan fingerprint density at radius 2 is 1.41 bits per heavy atom. The van der Waals surface area contributed by atoms with Crippen molar-refractivity contribution in [2.24, 2.45) is 0 Å². The molecule has 1 aliphatic heterocycles. The van der Waals surface area contributed by atoms with Crippen molar-refractivity contribution >= 4 is 23.6 Å². The normalized spacial score (nSPS) is 18.4. The number of carbonyl (C=O) groups is 4. The second-order valence-electron chi connectivity index (χ2n) is 14.2. The molecular weight excluding hydrogens is 716 g/mol. The van der Waals surface area contributed by atoms with Gasteiger partial charge in [-0.1, -0.05) is 24.3 Å². The van der Waals surface area contributed by atoms with E-state index < -0.39 is 47.8 Å². The van der Waals surface area contributed by atoms with Gasteiger partial charge in [0, 0.05) is 31.8 Å². The largest absolute Gasteiger partial charge is 0.508 e. The number of fused-ring (bicyclic) bond motifs is 5. The molecule has 0 radical (unpaired) electrons. The summed E-state index contributed by atoms with van der Waals surface area (Å²) in [6.45, 7) is 1.70. The molecule has 5 atom stereocenters. The number of phenolic OH excluding ortho intramolecular Hbond substituents is 3. The number of amides is 4. The molecule has 0 spiro atoms. The van der Waals surface area contributed by atoms with Crippen LogP contribution in [0, 0.1) is 0 Å². The third-order valence-corrected chi connectivity index (χ3v) is 10.1. The molecule has 0 aromatic heterocycles. The first-order chi connectivity index (χ1) is 27.0. The number of hydrogen-bond acceptors (Lipinski definition) is 11. The van der Waals surface area contributed by atoms with Gasteiger partial charge in [0.15, 0.2) is 0 Å². The molecule has 56 heavy (non-hydrogen) atoms. The molecule has 0 saturated carbocycles. The average molecular weight is 775 g/mol. The first-order valence-electron chi connectivity index (χ1n) is 19.2. The van der Waals surface area contributed by atoms with Crippen molar-refractivity contribution in [2.75, 3.05) is 47.8 Å². The van der Waals surface area contributed by atoms with Crippen molar-refractivity contribution in [3.63, 3.8) is 0 Å². The monoisotopic (exact) mass is 774 g/mol. The van der Waals surface area contributed by atoms with Crippen molar-refractivity contribution in [3.05, 3.63) is 77.4 Å². The Morgan fingerprint density at radius 1 is 0.786 bits per heavy atom. The molecule has 1 aliphatic rings. The maximum absolute atomic E-state index is 14.4. The molecule has 4 rings (SSSR count). The van der Waals surface area contributed by atoms with E-state index in [4.69, 9.17) is 0 Å². The lowest BCUT2D eigenvalue weighted by Gasteiger charge is -2.27. The highest BCUT2D eigenvalue weighted by molar-refractivity contribution is 5.95. The Hall–Kier alpha value is -5.22. The van der Waals surface area contributed by atoms with Gasteiger partial charge in [0.1, 0.15) is 35.4 Å². The number of aromatic hydroxyl groups is 3. The predicted octanol–water partition coefficient (Wildman–Crippen LogP) is 0.558. The summed E-state index contributed by atoms with van der Waals surface area (Å²) in [6, 6.07) is 12.1. The topological polar surface area (TPSA) is 225 Å². The fraction of sp³-hybridized carbons (Fsp3) is 0.463. The smallest absolute Gasteiger partial charge is 0.243 e. The molecular formula is C41H58N8O7. The number of phenols is 3. The van der Waals surface area contributed by atoms with Gasteiger partial charge < -0.3 is 57.9 Å². The third-order valence-electron chi connectivity index (χ3n) is 10.1. The molecule has 0 aliphatic carbocycles. The van der Waals surface area contributed by atoms with Crippen molar-refractivity contribution in [3.8, 4) is 28.4 Å². The zero-order valence-electron chi connectivity index (χ0n) is 32.7. The van der Waals surface area contributed by atoms with Crippen LogP contribution < -0.4 is 42.5 Å². The Kier molecular flexibility index (Phi) is 16.9. The van der Waals surface area contributed by atoms with Crippen molar-refractivity contribution in [1.82, 2.24) is 42.5 Å². The summed E-state index contributed by atoms with van der Waals surface area (Å²) in [5, 5.41) is 55.6. The van der Waals surface area contributed by atoms with Crippen LogP contribution in [0.5, 0.6) is 17.2 Å². The molecule has 3 aromatic rings. The van der Waals surface area contributed by atoms with Gasteiger partial charge in [-0.25, -0.2) is 0 Å². The minimum atomic E-state index is -1.28. The molecule has 0 saturated heterocycles. The van der Waals surface area contributed by atoms with E-state index in [1.54, 1.807) is 56.6 Å². The van der Waals surface area contributed by atoms with Gasteiger partial charge >= 0.3 is 0 Å². The van der Waals surface area contributed by atoms with E-state index in [2.05, 4.69) is 42.5 Å². The van der Waals surface area contributed by atoms with Crippen molar-refractivity contribution < 1.29 is 34.5 Å². The maximum Gasteiger partial charge on any atom is 0.243 e. The van der Waals surface area contributed by atoms with Crippen LogP contribution in [-0.4, -0.2) is 117 Å². The predicted molar refractivity (Wildman–Crippen MR) is 215 cm³/mol. The Labute approximate surface area is 328 Å². The fourth-order valence-electron chi connectivity index (χ4n) is 6.70. The lowest BCUT2D eigenvalue weighted by atomic mass is 9.95. The van der Waals surface area contributed by atoms with Crippen LogP contribution in [0.1, 0.15) is 42.4 Å². The fourth-order valence-corrected chi connectivity index (χ4v) is 6.70. The zero-order chi connectivity index (χ0) is 40.6. The van der Waals surface area contributed by atoms with E-state index in [9.17, 15) is 34.5 Å². The minimum Gasteiger partial charge on any atom is -0.508 e. The van der Waals surface area contributed by atoms with Crippen molar-refractivity contribution in [2.45, 2.75) is 75.2 Å². The maximum atomic E-state index is 14.4. The molecule has 3 aromatic carbocycles. The highest BCUT2D eigenvalue weighted by Crippen LogP contribution is 2.31. The van der Waals surface area contributed by atoms with Gasteiger partial charge in [0.05, 0.1) is 6.04 Å². The SMILES string of the molecule is CNCCC[C@@H](CNC(=O)[C@H](Cc1ccc(O)cc1)NC(=O)[C@@H]1Cc2cc(ccc2O)-c2ccc(O)c(c2)C[C@H](NC)C(=O)N[C@@H](CCCNC)C(=O)N1)NC. The molecule has 15 nitrogen and oxygen atoms in total. The second-order valence-corrected chi connectivity index (χ2v) is 14.2. The molecule has 304 valence electrons. The lowest BCUT2D eigenvalue weighted by Crippen LogP contribution is -2.59. The van der Waals surface area contributed by atoms with Gasteiger partial charge in [-0.2, -0.15) is 0 Å². The number of rotatable bonds is 17. The summed E-state index contributed by atoms with van der Waals surface area (Å²) in [6.07, 6.45) is 2.52. The number of benzene rings is 3. The number of likely N-dealkylation sites (N-methyl/N-ethyl adjacent to an activating group) is 2. The standard InChI is InChI=1S/C41H58N8O7/c1-42-17-5-7-30(44-3)24-46-38(53)34(19-25-9-13-31(50)14-10-25)48-41(56)35-23-29-21-27(12-16-37(29)52)26-11-15-36(51)28(20-26)22-33(45-4)40(55)47-32(39(54)49-35)8-6-18-43-2/h9-16,20-21,30,32-35,42-45,50-52H,5-8,17-19,22-24H2,1-4H3,(H,46,53)(H,47,55)(H,48,56)(H,49,54)/t30-,32-,33-,34-,35-/m0/s1. The molecule has 0 fully saturated rings. The molecule has 4 amide bonds. The van der Waals surface area contributed by atoms with E-state index in [-0.39, 0.29) is 49.0 Å². The Bertz CT molecular complexity index is 1770. The van der Waals surface area contributed by atoms with Crippen LogP contribution in [0.2, 0.25) is 0 Å². The summed E-state index contributed by atoms with van der Waals surface area (Å²) < 4.78 is 0. The van der Waals surface area contributed by atoms with Crippen LogP contribution in [0.4, 0.5) is 0 Å². The number of nitrogens with one attached hydrogen (secondary N) is 8. The van der Waals surface area contributed by atoms with Crippen LogP contribution in [0.25, 0.3) is 11.1 Å². The number of hydrogen-bond donors (Lipinski definition) is 11. The Balaban J connectivity index is 1.72. The molecule has 15 heteroatoms. The first kappa shape index (κ1) is 43.5. The van der Waals surface area contributed by atoms with E-state index in [1.807, 2.05) is 14.1 Å². The summed E-state index contributed by atoms with van der Waals surface area (Å²) in [5.41, 5.74) is 2.92. The summed E-state index contributed by atoms with van der Waals surface area (Å²) >= 11 is 0. The van der Waals surface area contributed by atoms with Gasteiger partial charge in [-0.3, -0.25) is 19.2 Å². The van der Waals surface area contributed by atoms with Gasteiger partial charge in [-0.15, -0.1) is 0 Å². The van der Waals surface area contributed by atoms with Gasteiger partial charge in [0.2, 0.25) is 23.6 Å². The quantitative estimate of drug-likeness (QED) is 0.0851. The van der Waals surface area contributed by atoms with E-state index in [0.29, 0.717) is 47.3 Å². The van der Waals surface area contributed by atoms with Gasteiger partial charge in [0.25, 0.3) is 0 Å².